The molecule has 0 unspecified atom stereocenters. The van der Waals surface area contributed by atoms with Crippen LogP contribution in [0.25, 0.3) is 0 Å². The van der Waals surface area contributed by atoms with Crippen molar-refractivity contribution in [3.05, 3.63) is 70.8 Å². The summed E-state index contributed by atoms with van der Waals surface area (Å²) >= 11 is 0. The Bertz CT molecular complexity index is 986. The van der Waals surface area contributed by atoms with Crippen LogP contribution < -0.4 is 10.6 Å². The molecule has 0 aliphatic carbocycles. The summed E-state index contributed by atoms with van der Waals surface area (Å²) in [5.74, 6) is -0.963. The fourth-order valence-corrected chi connectivity index (χ4v) is 3.43. The Morgan fingerprint density at radius 2 is 1.58 bits per heavy atom. The molecule has 0 spiro atoms. The van der Waals surface area contributed by atoms with Crippen molar-refractivity contribution >= 4 is 23.6 Å². The molecule has 0 radical (unpaired) electrons. The van der Waals surface area contributed by atoms with E-state index < -0.39 is 0 Å². The number of carbonyl (C=O) groups is 4. The van der Waals surface area contributed by atoms with E-state index in [4.69, 9.17) is 0 Å². The summed E-state index contributed by atoms with van der Waals surface area (Å²) in [5.41, 5.74) is 1.99. The van der Waals surface area contributed by atoms with Crippen LogP contribution in [0.4, 0.5) is 0 Å². The number of carbonyl (C=O) groups excluding carboxylic acids is 4. The SMILES string of the molecule is CC(C)CN1C(=O)c2ccc(C(=O)NCCNC(=O)CCc3ccccc3)cc2C1=O. The minimum Gasteiger partial charge on any atom is -0.354 e. The van der Waals surface area contributed by atoms with E-state index in [2.05, 4.69) is 10.6 Å². The van der Waals surface area contributed by atoms with Crippen LogP contribution in [0.1, 0.15) is 56.9 Å². The average Bonchev–Trinajstić information content (AvgIpc) is 3.00. The van der Waals surface area contributed by atoms with Gasteiger partial charge in [-0.1, -0.05) is 44.2 Å². The molecular formula is C24H27N3O4. The van der Waals surface area contributed by atoms with Gasteiger partial charge in [-0.2, -0.15) is 0 Å². The smallest absolute Gasteiger partial charge is 0.261 e. The van der Waals surface area contributed by atoms with E-state index in [1.54, 1.807) is 0 Å². The largest absolute Gasteiger partial charge is 0.354 e. The minimum atomic E-state index is -0.367. The molecule has 31 heavy (non-hydrogen) atoms. The Kier molecular flexibility index (Phi) is 7.18. The van der Waals surface area contributed by atoms with Crippen LogP contribution in [-0.2, 0) is 11.2 Å². The summed E-state index contributed by atoms with van der Waals surface area (Å²) in [5, 5.41) is 5.50. The first kappa shape index (κ1) is 22.2. The van der Waals surface area contributed by atoms with Gasteiger partial charge in [0.05, 0.1) is 11.1 Å². The molecule has 1 aliphatic rings. The van der Waals surface area contributed by atoms with Gasteiger partial charge in [0.2, 0.25) is 5.91 Å². The second-order valence-corrected chi connectivity index (χ2v) is 7.97. The number of benzene rings is 2. The molecule has 0 bridgehead atoms. The zero-order chi connectivity index (χ0) is 22.4. The second kappa shape index (κ2) is 10.0. The topological polar surface area (TPSA) is 95.6 Å². The summed E-state index contributed by atoms with van der Waals surface area (Å²) in [7, 11) is 0. The molecule has 0 atom stereocenters. The molecule has 1 aliphatic heterocycles. The molecule has 162 valence electrons. The third kappa shape index (κ3) is 5.57. The van der Waals surface area contributed by atoms with Crippen molar-refractivity contribution in [2.45, 2.75) is 26.7 Å². The Hall–Kier alpha value is -3.48. The Labute approximate surface area is 181 Å². The Morgan fingerprint density at radius 1 is 0.903 bits per heavy atom. The lowest BCUT2D eigenvalue weighted by molar-refractivity contribution is -0.121. The maximum Gasteiger partial charge on any atom is 0.261 e. The van der Waals surface area contributed by atoms with Crippen LogP contribution in [-0.4, -0.2) is 48.2 Å². The predicted molar refractivity (Wildman–Crippen MR) is 117 cm³/mol. The van der Waals surface area contributed by atoms with Crippen molar-refractivity contribution in [3.8, 4) is 0 Å². The molecule has 3 rings (SSSR count). The minimum absolute atomic E-state index is 0.0787. The van der Waals surface area contributed by atoms with E-state index in [1.807, 2.05) is 44.2 Å². The Morgan fingerprint density at radius 3 is 2.29 bits per heavy atom. The van der Waals surface area contributed by atoms with Gasteiger partial charge in [0.1, 0.15) is 0 Å². The monoisotopic (exact) mass is 421 g/mol. The molecular weight excluding hydrogens is 394 g/mol. The van der Waals surface area contributed by atoms with Crippen molar-refractivity contribution < 1.29 is 19.2 Å². The standard InChI is InChI=1S/C24H27N3O4/c1-16(2)15-27-23(30)19-10-9-18(14-20(19)24(27)31)22(29)26-13-12-25-21(28)11-8-17-6-4-3-5-7-17/h3-7,9-10,14,16H,8,11-13,15H2,1-2H3,(H,25,28)(H,26,29). The number of hydrogen-bond donors (Lipinski definition) is 2. The molecule has 7 heteroatoms. The molecule has 2 aromatic rings. The number of amides is 4. The molecule has 7 nitrogen and oxygen atoms in total. The van der Waals surface area contributed by atoms with Gasteiger partial charge < -0.3 is 10.6 Å². The van der Waals surface area contributed by atoms with Crippen LogP contribution in [0, 0.1) is 5.92 Å². The zero-order valence-corrected chi connectivity index (χ0v) is 17.8. The number of nitrogens with one attached hydrogen (secondary N) is 2. The molecule has 0 saturated heterocycles. The van der Waals surface area contributed by atoms with Crippen LogP contribution in [0.2, 0.25) is 0 Å². The number of rotatable bonds is 9. The highest BCUT2D eigenvalue weighted by molar-refractivity contribution is 6.22. The predicted octanol–water partition coefficient (Wildman–Crippen LogP) is 2.42. The normalized spacial score (nSPS) is 12.8. The number of nitrogens with zero attached hydrogens (tertiary/aromatic N) is 1. The van der Waals surface area contributed by atoms with Gasteiger partial charge in [-0.05, 0) is 36.1 Å². The highest BCUT2D eigenvalue weighted by Gasteiger charge is 2.36. The summed E-state index contributed by atoms with van der Waals surface area (Å²) in [6, 6.07) is 14.3. The maximum atomic E-state index is 12.5. The van der Waals surface area contributed by atoms with Crippen LogP contribution in [0.5, 0.6) is 0 Å². The molecule has 4 amide bonds. The summed E-state index contributed by atoms with van der Waals surface area (Å²) < 4.78 is 0. The van der Waals surface area contributed by atoms with Crippen molar-refractivity contribution in [1.82, 2.24) is 15.5 Å². The van der Waals surface area contributed by atoms with Gasteiger partial charge in [0, 0.05) is 31.6 Å². The lowest BCUT2D eigenvalue weighted by atomic mass is 10.1. The van der Waals surface area contributed by atoms with Crippen LogP contribution >= 0.6 is 0 Å². The van der Waals surface area contributed by atoms with Gasteiger partial charge in [0.15, 0.2) is 0 Å². The van der Waals surface area contributed by atoms with Gasteiger partial charge in [-0.25, -0.2) is 0 Å². The van der Waals surface area contributed by atoms with Gasteiger partial charge in [-0.15, -0.1) is 0 Å². The third-order valence-electron chi connectivity index (χ3n) is 5.00. The van der Waals surface area contributed by atoms with E-state index in [9.17, 15) is 19.2 Å². The molecule has 0 aromatic heterocycles. The van der Waals surface area contributed by atoms with Crippen LogP contribution in [0.15, 0.2) is 48.5 Å². The molecule has 2 N–H and O–H groups in total. The van der Waals surface area contributed by atoms with Crippen molar-refractivity contribution in [2.75, 3.05) is 19.6 Å². The summed E-state index contributed by atoms with van der Waals surface area (Å²) in [4.78, 5) is 50.5. The maximum absolute atomic E-state index is 12.5. The zero-order valence-electron chi connectivity index (χ0n) is 17.8. The van der Waals surface area contributed by atoms with E-state index in [0.29, 0.717) is 37.1 Å². The highest BCUT2D eigenvalue weighted by atomic mass is 16.2. The Balaban J connectivity index is 1.46. The number of fused-ring (bicyclic) bond motifs is 1. The molecule has 0 fully saturated rings. The third-order valence-corrected chi connectivity index (χ3v) is 5.00. The van der Waals surface area contributed by atoms with Crippen LogP contribution in [0.3, 0.4) is 0 Å². The fraction of sp³-hybridized carbons (Fsp3) is 0.333. The lowest BCUT2D eigenvalue weighted by Crippen LogP contribution is -2.34. The first-order valence-corrected chi connectivity index (χ1v) is 10.5. The quantitative estimate of drug-likeness (QED) is 0.480. The van der Waals surface area contributed by atoms with Crippen molar-refractivity contribution in [2.24, 2.45) is 5.92 Å². The highest BCUT2D eigenvalue weighted by Crippen LogP contribution is 2.24. The van der Waals surface area contributed by atoms with Gasteiger partial charge >= 0.3 is 0 Å². The summed E-state index contributed by atoms with van der Waals surface area (Å²) in [6.45, 7) is 4.78. The summed E-state index contributed by atoms with van der Waals surface area (Å²) in [6.07, 6.45) is 1.04. The molecule has 0 saturated carbocycles. The number of hydrogen-bond acceptors (Lipinski definition) is 4. The van der Waals surface area contributed by atoms with E-state index in [0.717, 1.165) is 5.56 Å². The van der Waals surface area contributed by atoms with Crippen molar-refractivity contribution in [1.29, 1.82) is 0 Å². The lowest BCUT2D eigenvalue weighted by Gasteiger charge is -2.15. The average molecular weight is 421 g/mol. The van der Waals surface area contributed by atoms with E-state index >= 15 is 0 Å². The van der Waals surface area contributed by atoms with Gasteiger partial charge in [-0.3, -0.25) is 24.1 Å². The first-order valence-electron chi connectivity index (χ1n) is 10.5. The number of imide groups is 1. The van der Waals surface area contributed by atoms with Crippen molar-refractivity contribution in [3.63, 3.8) is 0 Å². The van der Waals surface area contributed by atoms with E-state index in [-0.39, 0.29) is 41.7 Å². The van der Waals surface area contributed by atoms with E-state index in [1.165, 1.54) is 23.1 Å². The number of aryl methyl sites for hydroxylation is 1. The molecule has 2 aromatic carbocycles. The fourth-order valence-electron chi connectivity index (χ4n) is 3.43. The van der Waals surface area contributed by atoms with Gasteiger partial charge in [0.25, 0.3) is 17.7 Å². The molecule has 1 heterocycles. The first-order chi connectivity index (χ1) is 14.9. The second-order valence-electron chi connectivity index (χ2n) is 7.97.